The van der Waals surface area contributed by atoms with Crippen molar-refractivity contribution in [3.63, 3.8) is 0 Å². The summed E-state index contributed by atoms with van der Waals surface area (Å²) in [6.07, 6.45) is -0.617. The van der Waals surface area contributed by atoms with Crippen LogP contribution in [0.5, 0.6) is 0 Å². The number of nitrogens with zero attached hydrogens (tertiary/aromatic N) is 2. The third-order valence-electron chi connectivity index (χ3n) is 2.28. The molecule has 0 saturated carbocycles. The molecule has 15 heavy (non-hydrogen) atoms. The van der Waals surface area contributed by atoms with Crippen molar-refractivity contribution in [1.29, 1.82) is 0 Å². The van der Waals surface area contributed by atoms with E-state index in [-0.39, 0.29) is 19.3 Å². The third-order valence-corrected chi connectivity index (χ3v) is 4.16. The smallest absolute Gasteiger partial charge is 0.281 e. The Bertz CT molecular complexity index is 304. The number of hydrogen-bond donors (Lipinski definition) is 1. The zero-order chi connectivity index (χ0) is 11.6. The van der Waals surface area contributed by atoms with E-state index in [1.54, 1.807) is 6.92 Å². The number of rotatable bonds is 3. The maximum absolute atomic E-state index is 11.8. The van der Waals surface area contributed by atoms with Gasteiger partial charge in [0.15, 0.2) is 0 Å². The first-order chi connectivity index (χ1) is 6.87. The van der Waals surface area contributed by atoms with E-state index in [9.17, 15) is 8.42 Å². The number of hydrogen-bond acceptors (Lipinski definition) is 4. The van der Waals surface area contributed by atoms with Crippen molar-refractivity contribution >= 4 is 10.2 Å². The molecule has 2 atom stereocenters. The average molecular weight is 238 g/mol. The van der Waals surface area contributed by atoms with Crippen molar-refractivity contribution in [3.05, 3.63) is 0 Å². The van der Waals surface area contributed by atoms with Gasteiger partial charge in [-0.1, -0.05) is 0 Å². The van der Waals surface area contributed by atoms with Gasteiger partial charge < -0.3 is 9.84 Å². The molecule has 7 heteroatoms. The van der Waals surface area contributed by atoms with Crippen molar-refractivity contribution in [2.75, 3.05) is 33.8 Å². The third kappa shape index (κ3) is 2.88. The molecule has 0 aliphatic carbocycles. The number of ether oxygens (including phenoxy) is 1. The molecule has 0 radical (unpaired) electrons. The van der Waals surface area contributed by atoms with Crippen LogP contribution in [0.1, 0.15) is 6.92 Å². The van der Waals surface area contributed by atoms with E-state index in [1.807, 2.05) is 0 Å². The van der Waals surface area contributed by atoms with E-state index >= 15 is 0 Å². The summed E-state index contributed by atoms with van der Waals surface area (Å²) < 4.78 is 31.5. The molecule has 1 rings (SSSR count). The number of morpholine rings is 1. The van der Waals surface area contributed by atoms with Crippen molar-refractivity contribution in [2.24, 2.45) is 0 Å². The van der Waals surface area contributed by atoms with Gasteiger partial charge in [0.1, 0.15) is 0 Å². The summed E-state index contributed by atoms with van der Waals surface area (Å²) in [6, 6.07) is 0. The minimum Gasteiger partial charge on any atom is -0.394 e. The average Bonchev–Trinajstić information content (AvgIpc) is 2.16. The van der Waals surface area contributed by atoms with Crippen LogP contribution in [-0.4, -0.2) is 68.1 Å². The summed E-state index contributed by atoms with van der Waals surface area (Å²) in [7, 11) is -0.421. The molecule has 1 aliphatic rings. The Morgan fingerprint density at radius 1 is 1.47 bits per heavy atom. The molecule has 6 nitrogen and oxygen atoms in total. The van der Waals surface area contributed by atoms with Gasteiger partial charge in [0.25, 0.3) is 10.2 Å². The molecule has 1 heterocycles. The Morgan fingerprint density at radius 2 is 2.07 bits per heavy atom. The Balaban J connectivity index is 2.78. The largest absolute Gasteiger partial charge is 0.394 e. The molecule has 1 aliphatic heterocycles. The predicted molar refractivity (Wildman–Crippen MR) is 55.6 cm³/mol. The molecule has 1 fully saturated rings. The molecule has 0 aromatic rings. The van der Waals surface area contributed by atoms with Crippen molar-refractivity contribution in [1.82, 2.24) is 8.61 Å². The second-order valence-electron chi connectivity index (χ2n) is 3.86. The Labute approximate surface area is 90.6 Å². The van der Waals surface area contributed by atoms with Crippen LogP contribution in [0.15, 0.2) is 0 Å². The lowest BCUT2D eigenvalue weighted by molar-refractivity contribution is -0.0758. The molecule has 0 amide bonds. The molecule has 0 bridgehead atoms. The fourth-order valence-electron chi connectivity index (χ4n) is 1.52. The second-order valence-corrected chi connectivity index (χ2v) is 6.00. The van der Waals surface area contributed by atoms with Crippen molar-refractivity contribution < 1.29 is 18.3 Å². The topological polar surface area (TPSA) is 70.1 Å². The van der Waals surface area contributed by atoms with E-state index in [0.29, 0.717) is 6.54 Å². The van der Waals surface area contributed by atoms with Gasteiger partial charge in [0.05, 0.1) is 18.8 Å². The zero-order valence-electron chi connectivity index (χ0n) is 9.25. The maximum atomic E-state index is 11.8. The summed E-state index contributed by atoms with van der Waals surface area (Å²) in [5, 5.41) is 8.97. The van der Waals surface area contributed by atoms with Gasteiger partial charge in [-0.15, -0.1) is 0 Å². The van der Waals surface area contributed by atoms with Crippen molar-refractivity contribution in [3.8, 4) is 0 Å². The van der Waals surface area contributed by atoms with Gasteiger partial charge in [-0.25, -0.2) is 0 Å². The normalized spacial score (nSPS) is 29.7. The summed E-state index contributed by atoms with van der Waals surface area (Å²) in [5.74, 6) is 0. The van der Waals surface area contributed by atoms with Crippen LogP contribution in [0, 0.1) is 0 Å². The van der Waals surface area contributed by atoms with E-state index < -0.39 is 16.3 Å². The molecule has 1 N–H and O–H groups in total. The van der Waals surface area contributed by atoms with Crippen LogP contribution in [0.4, 0.5) is 0 Å². The molecule has 0 aromatic heterocycles. The van der Waals surface area contributed by atoms with Crippen LogP contribution in [0.25, 0.3) is 0 Å². The highest BCUT2D eigenvalue weighted by molar-refractivity contribution is 7.86. The summed E-state index contributed by atoms with van der Waals surface area (Å²) in [6.45, 7) is 2.17. The monoisotopic (exact) mass is 238 g/mol. The fourth-order valence-corrected chi connectivity index (χ4v) is 2.74. The van der Waals surface area contributed by atoms with Gasteiger partial charge in [-0.2, -0.15) is 17.0 Å². The molecular weight excluding hydrogens is 220 g/mol. The predicted octanol–water partition coefficient (Wildman–Crippen LogP) is -1.13. The fraction of sp³-hybridized carbons (Fsp3) is 1.00. The quantitative estimate of drug-likeness (QED) is 0.676. The van der Waals surface area contributed by atoms with Crippen LogP contribution >= 0.6 is 0 Å². The first-order valence-electron chi connectivity index (χ1n) is 4.82. The SMILES string of the molecule is CC1CN(S(=O)(=O)N(C)C)CC(CO)O1. The lowest BCUT2D eigenvalue weighted by Gasteiger charge is -2.36. The van der Waals surface area contributed by atoms with E-state index in [1.165, 1.54) is 22.7 Å². The standard InChI is InChI=1S/C8H18N2O4S/c1-7-4-10(5-8(6-11)14-7)15(12,13)9(2)3/h7-8,11H,4-6H2,1-3H3. The summed E-state index contributed by atoms with van der Waals surface area (Å²) in [4.78, 5) is 0. The molecule has 1 saturated heterocycles. The highest BCUT2D eigenvalue weighted by atomic mass is 32.2. The van der Waals surface area contributed by atoms with Crippen LogP contribution in [0.3, 0.4) is 0 Å². The maximum Gasteiger partial charge on any atom is 0.281 e. The lowest BCUT2D eigenvalue weighted by Crippen LogP contribution is -2.53. The summed E-state index contributed by atoms with van der Waals surface area (Å²) >= 11 is 0. The second kappa shape index (κ2) is 4.75. The van der Waals surface area contributed by atoms with Crippen LogP contribution < -0.4 is 0 Å². The highest BCUT2D eigenvalue weighted by Gasteiger charge is 2.33. The van der Waals surface area contributed by atoms with Crippen molar-refractivity contribution in [2.45, 2.75) is 19.1 Å². The van der Waals surface area contributed by atoms with Gasteiger partial charge in [0.2, 0.25) is 0 Å². The van der Waals surface area contributed by atoms with Gasteiger partial charge in [-0.3, -0.25) is 0 Å². The molecule has 2 unspecified atom stereocenters. The minimum atomic E-state index is -3.40. The van der Waals surface area contributed by atoms with Gasteiger partial charge >= 0.3 is 0 Å². The molecular formula is C8H18N2O4S. The van der Waals surface area contributed by atoms with Gasteiger partial charge in [-0.05, 0) is 6.92 Å². The van der Waals surface area contributed by atoms with E-state index in [4.69, 9.17) is 9.84 Å². The molecule has 90 valence electrons. The summed E-state index contributed by atoms with van der Waals surface area (Å²) in [5.41, 5.74) is 0. The first-order valence-corrected chi connectivity index (χ1v) is 6.21. The Hall–Kier alpha value is -0.210. The van der Waals surface area contributed by atoms with E-state index in [0.717, 1.165) is 0 Å². The van der Waals surface area contributed by atoms with Crippen LogP contribution in [0.2, 0.25) is 0 Å². The minimum absolute atomic E-state index is 0.163. The highest BCUT2D eigenvalue weighted by Crippen LogP contribution is 2.15. The molecule has 0 aromatic carbocycles. The Kier molecular flexibility index (Phi) is 4.07. The van der Waals surface area contributed by atoms with E-state index in [2.05, 4.69) is 0 Å². The van der Waals surface area contributed by atoms with Gasteiger partial charge in [0, 0.05) is 27.2 Å². The Morgan fingerprint density at radius 3 is 2.53 bits per heavy atom. The lowest BCUT2D eigenvalue weighted by atomic mass is 10.2. The van der Waals surface area contributed by atoms with Crippen LogP contribution in [-0.2, 0) is 14.9 Å². The number of aliphatic hydroxyl groups excluding tert-OH is 1. The molecule has 0 spiro atoms. The zero-order valence-corrected chi connectivity index (χ0v) is 10.1. The first kappa shape index (κ1) is 12.9. The number of aliphatic hydroxyl groups is 1.